The summed E-state index contributed by atoms with van der Waals surface area (Å²) in [5.74, 6) is -0.0162. The van der Waals surface area contributed by atoms with E-state index in [9.17, 15) is 5.11 Å². The third kappa shape index (κ3) is 2.35. The Hall–Kier alpha value is -2.34. The average molecular weight is 278 g/mol. The van der Waals surface area contributed by atoms with E-state index in [2.05, 4.69) is 9.97 Å². The van der Waals surface area contributed by atoms with Gasteiger partial charge in [-0.05, 0) is 17.7 Å². The van der Waals surface area contributed by atoms with Gasteiger partial charge in [0.2, 0.25) is 0 Å². The Bertz CT molecular complexity index is 969. The molecule has 0 radical (unpaired) electrons. The van der Waals surface area contributed by atoms with Gasteiger partial charge in [0.1, 0.15) is 0 Å². The largest absolute Gasteiger partial charge is 1.00 e. The maximum absolute atomic E-state index is 12.0. The van der Waals surface area contributed by atoms with Gasteiger partial charge in [0.15, 0.2) is 0 Å². The standard InChI is InChI=1S/C18H12N2O.Li/c21-16-6-2-1-5-14(16)15-10-9-13-8-7-12-4-3-11-19-17(12)18(13)20-15;/h1-11,21H;/q;+1/p-1. The fourth-order valence-corrected chi connectivity index (χ4v) is 2.55. The van der Waals surface area contributed by atoms with E-state index >= 15 is 0 Å². The molecule has 0 atom stereocenters. The quantitative estimate of drug-likeness (QED) is 0.377. The van der Waals surface area contributed by atoms with Crippen molar-refractivity contribution in [3.8, 4) is 17.0 Å². The molecule has 0 fully saturated rings. The van der Waals surface area contributed by atoms with Crippen molar-refractivity contribution in [1.82, 2.24) is 9.97 Å². The summed E-state index contributed by atoms with van der Waals surface area (Å²) >= 11 is 0. The second-order valence-electron chi connectivity index (χ2n) is 4.91. The summed E-state index contributed by atoms with van der Waals surface area (Å²) in [6.07, 6.45) is 1.76. The predicted octanol–water partition coefficient (Wildman–Crippen LogP) is 0.528. The van der Waals surface area contributed by atoms with Crippen molar-refractivity contribution in [2.24, 2.45) is 0 Å². The van der Waals surface area contributed by atoms with Crippen LogP contribution in [0.15, 0.2) is 66.9 Å². The summed E-state index contributed by atoms with van der Waals surface area (Å²) in [7, 11) is 0. The van der Waals surface area contributed by atoms with Gasteiger partial charge in [-0.25, -0.2) is 4.98 Å². The first-order chi connectivity index (χ1) is 10.3. The summed E-state index contributed by atoms with van der Waals surface area (Å²) in [5.41, 5.74) is 2.99. The molecule has 0 spiro atoms. The molecule has 2 aromatic carbocycles. The first-order valence-electron chi connectivity index (χ1n) is 6.74. The molecule has 3 nitrogen and oxygen atoms in total. The van der Waals surface area contributed by atoms with Crippen LogP contribution in [0.4, 0.5) is 0 Å². The van der Waals surface area contributed by atoms with Gasteiger partial charge in [-0.1, -0.05) is 54.3 Å². The van der Waals surface area contributed by atoms with Crippen molar-refractivity contribution in [2.45, 2.75) is 0 Å². The molecule has 4 rings (SSSR count). The van der Waals surface area contributed by atoms with E-state index in [1.54, 1.807) is 24.4 Å². The van der Waals surface area contributed by atoms with Crippen LogP contribution < -0.4 is 24.0 Å². The Morgan fingerprint density at radius 1 is 0.727 bits per heavy atom. The van der Waals surface area contributed by atoms with Gasteiger partial charge in [-0.2, -0.15) is 0 Å². The van der Waals surface area contributed by atoms with Crippen LogP contribution in [0.5, 0.6) is 5.75 Å². The van der Waals surface area contributed by atoms with Crippen LogP contribution >= 0.6 is 0 Å². The van der Waals surface area contributed by atoms with Crippen LogP contribution in [0, 0.1) is 0 Å². The zero-order valence-electron chi connectivity index (χ0n) is 12.2. The molecule has 2 heterocycles. The predicted molar refractivity (Wildman–Crippen MR) is 81.9 cm³/mol. The summed E-state index contributed by atoms with van der Waals surface area (Å²) < 4.78 is 0. The van der Waals surface area contributed by atoms with Crippen molar-refractivity contribution in [2.75, 3.05) is 0 Å². The molecule has 0 aliphatic heterocycles. The molecule has 22 heavy (non-hydrogen) atoms. The van der Waals surface area contributed by atoms with Gasteiger partial charge >= 0.3 is 18.9 Å². The number of nitrogens with zero attached hydrogens (tertiary/aromatic N) is 2. The number of para-hydroxylation sites is 1. The van der Waals surface area contributed by atoms with Crippen molar-refractivity contribution in [1.29, 1.82) is 0 Å². The first kappa shape index (κ1) is 14.6. The zero-order chi connectivity index (χ0) is 14.2. The van der Waals surface area contributed by atoms with E-state index in [4.69, 9.17) is 0 Å². The number of pyridine rings is 2. The number of hydrogen-bond donors (Lipinski definition) is 0. The van der Waals surface area contributed by atoms with E-state index < -0.39 is 0 Å². The summed E-state index contributed by atoms with van der Waals surface area (Å²) in [6.45, 7) is 0. The van der Waals surface area contributed by atoms with E-state index in [0.29, 0.717) is 11.3 Å². The maximum Gasteiger partial charge on any atom is 1.00 e. The number of aromatic nitrogens is 2. The maximum atomic E-state index is 12.0. The second-order valence-corrected chi connectivity index (χ2v) is 4.91. The van der Waals surface area contributed by atoms with Crippen molar-refractivity contribution < 1.29 is 24.0 Å². The van der Waals surface area contributed by atoms with Crippen LogP contribution in [0.1, 0.15) is 0 Å². The average Bonchev–Trinajstić information content (AvgIpc) is 2.55. The minimum atomic E-state index is -0.0162. The topological polar surface area (TPSA) is 48.8 Å². The Kier molecular flexibility index (Phi) is 3.85. The number of hydrogen-bond acceptors (Lipinski definition) is 3. The summed E-state index contributed by atoms with van der Waals surface area (Å²) in [5, 5.41) is 14.0. The van der Waals surface area contributed by atoms with Gasteiger partial charge in [0, 0.05) is 17.0 Å². The van der Waals surface area contributed by atoms with Gasteiger partial charge in [0.05, 0.1) is 16.7 Å². The molecular formula is C18H11LiN2O. The van der Waals surface area contributed by atoms with E-state index in [1.807, 2.05) is 42.5 Å². The van der Waals surface area contributed by atoms with Crippen LogP contribution in [-0.4, -0.2) is 9.97 Å². The zero-order valence-corrected chi connectivity index (χ0v) is 12.2. The fraction of sp³-hybridized carbons (Fsp3) is 0. The molecule has 2 aromatic heterocycles. The summed E-state index contributed by atoms with van der Waals surface area (Å²) in [4.78, 5) is 9.10. The molecule has 0 N–H and O–H groups in total. The molecule has 0 aliphatic carbocycles. The monoisotopic (exact) mass is 278 g/mol. The second kappa shape index (κ2) is 5.80. The molecular weight excluding hydrogens is 267 g/mol. The van der Waals surface area contributed by atoms with Crippen LogP contribution in [0.3, 0.4) is 0 Å². The van der Waals surface area contributed by atoms with Crippen LogP contribution in [-0.2, 0) is 0 Å². The Morgan fingerprint density at radius 3 is 2.27 bits per heavy atom. The van der Waals surface area contributed by atoms with Gasteiger partial charge in [0.25, 0.3) is 0 Å². The molecule has 4 heteroatoms. The minimum absolute atomic E-state index is 0. The Morgan fingerprint density at radius 2 is 1.45 bits per heavy atom. The smallest absolute Gasteiger partial charge is 0.872 e. The molecule has 0 amide bonds. The third-order valence-corrected chi connectivity index (χ3v) is 3.60. The normalized spacial score (nSPS) is 10.5. The SMILES string of the molecule is [Li+].[O-]c1ccccc1-c1ccc2ccc3cccnc3c2n1. The number of rotatable bonds is 1. The first-order valence-corrected chi connectivity index (χ1v) is 6.74. The van der Waals surface area contributed by atoms with Crippen molar-refractivity contribution in [3.63, 3.8) is 0 Å². The fourth-order valence-electron chi connectivity index (χ4n) is 2.55. The molecule has 0 aliphatic rings. The molecule has 0 saturated heterocycles. The molecule has 0 bridgehead atoms. The van der Waals surface area contributed by atoms with Gasteiger partial charge < -0.3 is 5.11 Å². The summed E-state index contributed by atoms with van der Waals surface area (Å²) in [6, 6.07) is 18.8. The molecule has 0 saturated carbocycles. The molecule has 100 valence electrons. The van der Waals surface area contributed by atoms with Gasteiger partial charge in [-0.3, -0.25) is 4.98 Å². The van der Waals surface area contributed by atoms with Crippen LogP contribution in [0.2, 0.25) is 0 Å². The Balaban J connectivity index is 0.00000144. The number of fused-ring (bicyclic) bond motifs is 3. The van der Waals surface area contributed by atoms with Crippen LogP contribution in [0.25, 0.3) is 33.1 Å². The van der Waals surface area contributed by atoms with E-state index in [-0.39, 0.29) is 24.6 Å². The van der Waals surface area contributed by atoms with Crippen molar-refractivity contribution >= 4 is 21.8 Å². The van der Waals surface area contributed by atoms with E-state index in [0.717, 1.165) is 21.8 Å². The molecule has 4 aromatic rings. The Labute approximate surface area is 139 Å². The van der Waals surface area contributed by atoms with Crippen molar-refractivity contribution in [3.05, 3.63) is 66.9 Å². The molecule has 0 unspecified atom stereocenters. The van der Waals surface area contributed by atoms with Gasteiger partial charge in [-0.15, -0.1) is 0 Å². The minimum Gasteiger partial charge on any atom is -0.872 e. The third-order valence-electron chi connectivity index (χ3n) is 3.60. The number of benzene rings is 2. The van der Waals surface area contributed by atoms with E-state index in [1.165, 1.54) is 0 Å².